The lowest BCUT2D eigenvalue weighted by Crippen LogP contribution is -2.16. The summed E-state index contributed by atoms with van der Waals surface area (Å²) >= 11 is 0. The van der Waals surface area contributed by atoms with Crippen LogP contribution in [0.3, 0.4) is 0 Å². The summed E-state index contributed by atoms with van der Waals surface area (Å²) in [4.78, 5) is 0. The molecule has 1 aromatic heterocycles. The van der Waals surface area contributed by atoms with Crippen LogP contribution in [0, 0.1) is 5.82 Å². The molecule has 1 N–H and O–H groups in total. The summed E-state index contributed by atoms with van der Waals surface area (Å²) in [5.74, 6) is 0.608. The van der Waals surface area contributed by atoms with Crippen molar-refractivity contribution in [2.45, 2.75) is 13.3 Å². The van der Waals surface area contributed by atoms with Gasteiger partial charge in [0.05, 0.1) is 0 Å². The molecule has 4 nitrogen and oxygen atoms in total. The largest absolute Gasteiger partial charge is 0.421 e. The van der Waals surface area contributed by atoms with Gasteiger partial charge >= 0.3 is 0 Å². The van der Waals surface area contributed by atoms with Crippen molar-refractivity contribution in [2.24, 2.45) is 0 Å². The zero-order chi connectivity index (χ0) is 12.1. The maximum atomic E-state index is 13.0. The second-order valence-corrected chi connectivity index (χ2v) is 3.61. The van der Waals surface area contributed by atoms with Crippen molar-refractivity contribution >= 4 is 0 Å². The smallest absolute Gasteiger partial charge is 0.247 e. The molecule has 90 valence electrons. The SMILES string of the molecule is CCNCCc1nnc(-c2cccc(F)c2)o1. The van der Waals surface area contributed by atoms with E-state index < -0.39 is 0 Å². The fourth-order valence-electron chi connectivity index (χ4n) is 1.46. The van der Waals surface area contributed by atoms with Gasteiger partial charge in [-0.1, -0.05) is 13.0 Å². The van der Waals surface area contributed by atoms with E-state index in [2.05, 4.69) is 15.5 Å². The monoisotopic (exact) mass is 235 g/mol. The summed E-state index contributed by atoms with van der Waals surface area (Å²) in [6.45, 7) is 3.73. The number of benzene rings is 1. The lowest BCUT2D eigenvalue weighted by Gasteiger charge is -1.96. The van der Waals surface area contributed by atoms with E-state index in [0.29, 0.717) is 23.8 Å². The molecule has 1 aromatic carbocycles. The minimum absolute atomic E-state index is 0.310. The summed E-state index contributed by atoms with van der Waals surface area (Å²) in [5, 5.41) is 11.0. The van der Waals surface area contributed by atoms with Crippen LogP contribution in [0.4, 0.5) is 4.39 Å². The number of nitrogens with one attached hydrogen (secondary N) is 1. The molecule has 2 rings (SSSR count). The van der Waals surface area contributed by atoms with Crippen molar-refractivity contribution in [2.75, 3.05) is 13.1 Å². The molecule has 0 spiro atoms. The third-order valence-electron chi connectivity index (χ3n) is 2.30. The Morgan fingerprint density at radius 1 is 1.35 bits per heavy atom. The summed E-state index contributed by atoms with van der Waals surface area (Å²) in [6, 6.07) is 6.12. The molecular weight excluding hydrogens is 221 g/mol. The Morgan fingerprint density at radius 2 is 2.24 bits per heavy atom. The van der Waals surface area contributed by atoms with Gasteiger partial charge in [0, 0.05) is 18.5 Å². The Labute approximate surface area is 98.9 Å². The summed E-state index contributed by atoms with van der Waals surface area (Å²) in [6.07, 6.45) is 0.677. The molecule has 0 bridgehead atoms. The fraction of sp³-hybridized carbons (Fsp3) is 0.333. The van der Waals surface area contributed by atoms with E-state index in [9.17, 15) is 4.39 Å². The Hall–Kier alpha value is -1.75. The van der Waals surface area contributed by atoms with Crippen molar-refractivity contribution in [3.05, 3.63) is 36.0 Å². The molecule has 0 radical (unpaired) electrons. The summed E-state index contributed by atoms with van der Waals surface area (Å²) < 4.78 is 18.5. The fourth-order valence-corrected chi connectivity index (χ4v) is 1.46. The van der Waals surface area contributed by atoms with Crippen LogP contribution in [0.15, 0.2) is 28.7 Å². The molecule has 5 heteroatoms. The highest BCUT2D eigenvalue weighted by molar-refractivity contribution is 5.52. The van der Waals surface area contributed by atoms with E-state index in [1.807, 2.05) is 6.92 Å². The number of aromatic nitrogens is 2. The standard InChI is InChI=1S/C12H14FN3O/c1-2-14-7-6-11-15-16-12(17-11)9-4-3-5-10(13)8-9/h3-5,8,14H,2,6-7H2,1H3. The van der Waals surface area contributed by atoms with E-state index in [1.165, 1.54) is 12.1 Å². The van der Waals surface area contributed by atoms with Crippen LogP contribution < -0.4 is 5.32 Å². The first-order valence-electron chi connectivity index (χ1n) is 5.58. The van der Waals surface area contributed by atoms with E-state index in [0.717, 1.165) is 13.1 Å². The molecule has 17 heavy (non-hydrogen) atoms. The zero-order valence-electron chi connectivity index (χ0n) is 9.61. The van der Waals surface area contributed by atoms with Gasteiger partial charge in [0.25, 0.3) is 0 Å². The van der Waals surface area contributed by atoms with Crippen LogP contribution >= 0.6 is 0 Å². The third kappa shape index (κ3) is 3.10. The van der Waals surface area contributed by atoms with Crippen LogP contribution in [-0.4, -0.2) is 23.3 Å². The van der Waals surface area contributed by atoms with Gasteiger partial charge in [-0.2, -0.15) is 0 Å². The normalized spacial score (nSPS) is 10.7. The first-order chi connectivity index (χ1) is 8.29. The second kappa shape index (κ2) is 5.54. The summed E-state index contributed by atoms with van der Waals surface area (Å²) in [5.41, 5.74) is 0.604. The van der Waals surface area contributed by atoms with Gasteiger partial charge < -0.3 is 9.73 Å². The molecular formula is C12H14FN3O. The van der Waals surface area contributed by atoms with Crippen LogP contribution in [0.1, 0.15) is 12.8 Å². The third-order valence-corrected chi connectivity index (χ3v) is 2.30. The number of rotatable bonds is 5. The van der Waals surface area contributed by atoms with Gasteiger partial charge in [0.2, 0.25) is 11.8 Å². The molecule has 0 aliphatic heterocycles. The Kier molecular flexibility index (Phi) is 3.82. The van der Waals surface area contributed by atoms with Gasteiger partial charge in [-0.3, -0.25) is 0 Å². The van der Waals surface area contributed by atoms with Gasteiger partial charge in [0.15, 0.2) is 0 Å². The lowest BCUT2D eigenvalue weighted by atomic mass is 10.2. The van der Waals surface area contributed by atoms with E-state index in [-0.39, 0.29) is 5.82 Å². The van der Waals surface area contributed by atoms with Crippen molar-refractivity contribution < 1.29 is 8.81 Å². The Balaban J connectivity index is 2.07. The first kappa shape index (κ1) is 11.7. The van der Waals surface area contributed by atoms with E-state index in [1.54, 1.807) is 12.1 Å². The predicted octanol–water partition coefficient (Wildman–Crippen LogP) is 2.03. The first-order valence-corrected chi connectivity index (χ1v) is 5.58. The second-order valence-electron chi connectivity index (χ2n) is 3.61. The Bertz CT molecular complexity index is 484. The Morgan fingerprint density at radius 3 is 3.00 bits per heavy atom. The number of halogens is 1. The van der Waals surface area contributed by atoms with E-state index in [4.69, 9.17) is 4.42 Å². The van der Waals surface area contributed by atoms with Gasteiger partial charge in [-0.05, 0) is 24.7 Å². The molecule has 0 aliphatic rings. The molecule has 0 unspecified atom stereocenters. The van der Waals surface area contributed by atoms with Gasteiger partial charge in [-0.25, -0.2) is 4.39 Å². The maximum Gasteiger partial charge on any atom is 0.247 e. The molecule has 1 heterocycles. The molecule has 0 saturated heterocycles. The molecule has 0 amide bonds. The highest BCUT2D eigenvalue weighted by Gasteiger charge is 2.08. The number of hydrogen-bond donors (Lipinski definition) is 1. The number of likely N-dealkylation sites (N-methyl/N-ethyl adjacent to an activating group) is 1. The molecule has 2 aromatic rings. The molecule has 0 saturated carbocycles. The topological polar surface area (TPSA) is 51.0 Å². The molecule has 0 aliphatic carbocycles. The molecule has 0 atom stereocenters. The van der Waals surface area contributed by atoms with Gasteiger partial charge in [-0.15, -0.1) is 10.2 Å². The number of hydrogen-bond acceptors (Lipinski definition) is 4. The maximum absolute atomic E-state index is 13.0. The van der Waals surface area contributed by atoms with Crippen molar-refractivity contribution in [3.63, 3.8) is 0 Å². The highest BCUT2D eigenvalue weighted by Crippen LogP contribution is 2.18. The van der Waals surface area contributed by atoms with Crippen molar-refractivity contribution in [1.29, 1.82) is 0 Å². The zero-order valence-corrected chi connectivity index (χ0v) is 9.61. The minimum atomic E-state index is -0.310. The van der Waals surface area contributed by atoms with Crippen LogP contribution in [0.25, 0.3) is 11.5 Å². The number of nitrogens with zero attached hydrogens (tertiary/aromatic N) is 2. The average Bonchev–Trinajstić information content (AvgIpc) is 2.78. The average molecular weight is 235 g/mol. The van der Waals surface area contributed by atoms with Gasteiger partial charge in [0.1, 0.15) is 5.82 Å². The van der Waals surface area contributed by atoms with E-state index >= 15 is 0 Å². The van der Waals surface area contributed by atoms with Crippen LogP contribution in [-0.2, 0) is 6.42 Å². The van der Waals surface area contributed by atoms with Crippen molar-refractivity contribution in [3.8, 4) is 11.5 Å². The van der Waals surface area contributed by atoms with Crippen LogP contribution in [0.5, 0.6) is 0 Å². The lowest BCUT2D eigenvalue weighted by molar-refractivity contribution is 0.496. The quantitative estimate of drug-likeness (QED) is 0.806. The van der Waals surface area contributed by atoms with Crippen LogP contribution in [0.2, 0.25) is 0 Å². The predicted molar refractivity (Wildman–Crippen MR) is 61.9 cm³/mol. The highest BCUT2D eigenvalue weighted by atomic mass is 19.1. The summed E-state index contributed by atoms with van der Waals surface area (Å²) in [7, 11) is 0. The molecule has 0 fully saturated rings. The minimum Gasteiger partial charge on any atom is -0.421 e. The van der Waals surface area contributed by atoms with Crippen molar-refractivity contribution in [1.82, 2.24) is 15.5 Å².